The first kappa shape index (κ1) is 42.7. The smallest absolute Gasteiger partial charge is 0.545 e. The Balaban J connectivity index is -0.000000549. The molecular formula is C18H18CoN10O16+2. The number of aromatic nitrogens is 6. The maximum absolute atomic E-state index is 10.4. The molecule has 4 rings (SSSR count). The minimum atomic E-state index is -1.71. The number of carbonyl (C=O) groups is 2. The van der Waals surface area contributed by atoms with E-state index in [-0.39, 0.29) is 39.1 Å². The minimum absolute atomic E-state index is 0. The summed E-state index contributed by atoms with van der Waals surface area (Å²) in [5, 5.41) is 73.0. The van der Waals surface area contributed by atoms with E-state index in [1.807, 2.05) is 0 Å². The first-order valence-corrected chi connectivity index (χ1v) is 10.1. The molecule has 0 spiro atoms. The van der Waals surface area contributed by atoms with Gasteiger partial charge in [-0.25, -0.2) is 19.8 Å². The van der Waals surface area contributed by atoms with Gasteiger partial charge in [-0.15, -0.1) is 0 Å². The average molecular weight is 689 g/mol. The number of carboxylic acid groups (broad SMARTS) is 2. The molecule has 2 aromatic heterocycles. The number of hydrogen-bond acceptors (Lipinski definition) is 16. The van der Waals surface area contributed by atoms with Crippen LogP contribution < -0.4 is 21.6 Å². The molecule has 2 aromatic carbocycles. The van der Waals surface area contributed by atoms with E-state index in [0.29, 0.717) is 36.4 Å². The molecule has 0 saturated heterocycles. The molecule has 45 heavy (non-hydrogen) atoms. The van der Waals surface area contributed by atoms with E-state index >= 15 is 0 Å². The van der Waals surface area contributed by atoms with Crippen LogP contribution in [0.2, 0.25) is 0 Å². The van der Waals surface area contributed by atoms with Crippen molar-refractivity contribution < 1.29 is 67.2 Å². The third-order valence-electron chi connectivity index (χ3n) is 3.97. The molecule has 0 saturated carbocycles. The van der Waals surface area contributed by atoms with Gasteiger partial charge in [-0.05, 0) is 0 Å². The molecule has 0 amide bonds. The fraction of sp³-hybridized carbons (Fsp3) is 0. The molecule has 0 bridgehead atoms. The number of aromatic carboxylic acids is 2. The fourth-order valence-corrected chi connectivity index (χ4v) is 2.28. The van der Waals surface area contributed by atoms with E-state index in [2.05, 4.69) is 30.4 Å². The van der Waals surface area contributed by atoms with Crippen LogP contribution in [0.25, 0.3) is 0 Å². The predicted octanol–water partition coefficient (Wildman–Crippen LogP) is -3.92. The summed E-state index contributed by atoms with van der Waals surface area (Å²) in [6, 6.07) is 4.13. The van der Waals surface area contributed by atoms with Crippen molar-refractivity contribution >= 4 is 34.7 Å². The first-order chi connectivity index (χ1) is 19.6. The summed E-state index contributed by atoms with van der Waals surface area (Å²) in [7, 11) is 0. The molecule has 1 radical (unpaired) electrons. The van der Waals surface area contributed by atoms with Crippen LogP contribution in [-0.2, 0) is 27.7 Å². The van der Waals surface area contributed by atoms with E-state index < -0.39 is 65.5 Å². The van der Waals surface area contributed by atoms with Gasteiger partial charge >= 0.3 is 28.2 Å². The summed E-state index contributed by atoms with van der Waals surface area (Å²) in [4.78, 5) is 82.7. The Morgan fingerprint density at radius 2 is 0.800 bits per heavy atom. The number of H-pyrrole nitrogens is 4. The number of benzene rings is 2. The number of nitro benzene ring substituents is 4. The van der Waals surface area contributed by atoms with Gasteiger partial charge in [0.15, 0.2) is 0 Å². The molecule has 2 heterocycles. The van der Waals surface area contributed by atoms with E-state index in [1.165, 1.54) is 12.7 Å². The third kappa shape index (κ3) is 15.2. The molecule has 0 unspecified atom stereocenters. The van der Waals surface area contributed by atoms with E-state index in [4.69, 9.17) is 0 Å². The van der Waals surface area contributed by atoms with Crippen molar-refractivity contribution in [2.45, 2.75) is 0 Å². The van der Waals surface area contributed by atoms with Gasteiger partial charge in [0.25, 0.3) is 22.7 Å². The van der Waals surface area contributed by atoms with Gasteiger partial charge in [-0.3, -0.25) is 50.4 Å². The summed E-state index contributed by atoms with van der Waals surface area (Å²) in [6.07, 6.45) is 2.59. The van der Waals surface area contributed by atoms with Gasteiger partial charge in [-0.1, -0.05) is 0 Å². The first-order valence-electron chi connectivity index (χ1n) is 10.1. The third-order valence-corrected chi connectivity index (χ3v) is 3.97. The molecule has 0 aliphatic rings. The van der Waals surface area contributed by atoms with Crippen LogP contribution in [0, 0.1) is 40.5 Å². The van der Waals surface area contributed by atoms with Crippen LogP contribution in [0.4, 0.5) is 22.7 Å². The van der Waals surface area contributed by atoms with E-state index in [1.54, 1.807) is 0 Å². The monoisotopic (exact) mass is 689 g/mol. The van der Waals surface area contributed by atoms with Gasteiger partial charge in [-0.2, -0.15) is 10.2 Å². The molecule has 0 aliphatic heterocycles. The fourth-order valence-electron chi connectivity index (χ4n) is 2.28. The van der Waals surface area contributed by atoms with Crippen molar-refractivity contribution in [1.29, 1.82) is 0 Å². The second kappa shape index (κ2) is 20.2. The van der Waals surface area contributed by atoms with Crippen LogP contribution >= 0.6 is 0 Å². The minimum Gasteiger partial charge on any atom is -0.545 e. The molecule has 0 aliphatic carbocycles. The Labute approximate surface area is 254 Å². The topological polar surface area (TPSA) is 442 Å². The number of nitrogens with zero attached hydrogens (tertiary/aromatic N) is 6. The number of non-ortho nitro benzene ring substituents is 4. The molecule has 0 atom stereocenters. The maximum Gasteiger partial charge on any atom is 2.00 e. The Hall–Kier alpha value is -6.71. The van der Waals surface area contributed by atoms with Crippen LogP contribution in [0.5, 0.6) is 0 Å². The number of carboxylic acids is 2. The zero-order valence-corrected chi connectivity index (χ0v) is 22.5. The van der Waals surface area contributed by atoms with Gasteiger partial charge < -0.3 is 30.8 Å². The Morgan fingerprint density at radius 1 is 0.556 bits per heavy atom. The van der Waals surface area contributed by atoms with Crippen molar-refractivity contribution in [2.24, 2.45) is 0 Å². The molecule has 26 nitrogen and oxygen atoms in total. The molecule has 10 N–H and O–H groups in total. The molecule has 243 valence electrons. The van der Waals surface area contributed by atoms with E-state index in [0.717, 1.165) is 0 Å². The Kier molecular flexibility index (Phi) is 19.2. The quantitative estimate of drug-likeness (QED) is 0.0853. The van der Waals surface area contributed by atoms with E-state index in [9.17, 15) is 69.8 Å². The van der Waals surface area contributed by atoms with Crippen molar-refractivity contribution in [3.63, 3.8) is 0 Å². The van der Waals surface area contributed by atoms with Crippen LogP contribution in [0.15, 0.2) is 58.6 Å². The summed E-state index contributed by atoms with van der Waals surface area (Å²) in [5.41, 5.74) is -4.39. The normalized spacial score (nSPS) is 8.71. The Bertz CT molecular complexity index is 1410. The van der Waals surface area contributed by atoms with Gasteiger partial charge in [0.2, 0.25) is 0 Å². The zero-order valence-electron chi connectivity index (χ0n) is 21.5. The predicted molar refractivity (Wildman–Crippen MR) is 136 cm³/mol. The summed E-state index contributed by atoms with van der Waals surface area (Å²) >= 11 is 0. The zero-order chi connectivity index (χ0) is 32.0. The largest absolute Gasteiger partial charge is 2.00 e. The van der Waals surface area contributed by atoms with Crippen LogP contribution in [0.1, 0.15) is 20.7 Å². The summed E-state index contributed by atoms with van der Waals surface area (Å²) in [5.74, 6) is -3.41. The van der Waals surface area contributed by atoms with Crippen molar-refractivity contribution in [3.05, 3.63) is 122 Å². The maximum atomic E-state index is 10.4. The second-order valence-electron chi connectivity index (χ2n) is 6.77. The van der Waals surface area contributed by atoms with Crippen molar-refractivity contribution in [3.8, 4) is 0 Å². The van der Waals surface area contributed by atoms with Crippen molar-refractivity contribution in [2.75, 3.05) is 0 Å². The average Bonchev–Trinajstić information content (AvgIpc) is 3.62. The van der Waals surface area contributed by atoms with Gasteiger partial charge in [0, 0.05) is 35.4 Å². The number of hydrogen-bond donors (Lipinski definition) is 4. The summed E-state index contributed by atoms with van der Waals surface area (Å²) < 4.78 is 0. The van der Waals surface area contributed by atoms with Crippen LogP contribution in [0.3, 0.4) is 0 Å². The van der Waals surface area contributed by atoms with Gasteiger partial charge in [0.05, 0.1) is 43.8 Å². The SMILES string of the molecule is O=C([O-])c1cc([N+](=O)[O-])cc([N+](=O)[O-])c1.O=C([O-])c1cc([N+](=O)[O-])cc([N+](=O)[O-])c1.O=c1[nH]cn[nH]1.O=c1[nH]cn[nH]1.[Co+2].[OH3+].[OH3+]. The molecule has 27 heteroatoms. The second-order valence-corrected chi connectivity index (χ2v) is 6.77. The number of nitro groups is 4. The standard InChI is InChI=1S/2C7H4N2O6.2C2H3N3O.Co.2H2O/c2*10-7(11)4-1-5(8(12)13)3-6(2-4)9(14)15;2*6-2-3-1-4-5-2;;;/h2*1-3H,(H,10,11);2*1H,(H2,3,4,5,6);;2*1H2/q;;;;+2;;. The summed E-state index contributed by atoms with van der Waals surface area (Å²) in [6.45, 7) is 0. The number of nitrogens with one attached hydrogen (secondary N) is 4. The molecule has 0 fully saturated rings. The number of aromatic amines is 4. The molecule has 4 aromatic rings. The van der Waals surface area contributed by atoms with Crippen molar-refractivity contribution in [1.82, 2.24) is 30.4 Å². The van der Waals surface area contributed by atoms with Gasteiger partial charge in [0.1, 0.15) is 12.7 Å². The number of rotatable bonds is 6. The molecular weight excluding hydrogens is 671 g/mol. The number of carbonyl (C=O) groups excluding carboxylic acids is 2. The van der Waals surface area contributed by atoms with Crippen LogP contribution in [-0.4, -0.2) is 62.0 Å². The Morgan fingerprint density at radius 3 is 0.911 bits per heavy atom.